The lowest BCUT2D eigenvalue weighted by molar-refractivity contribution is 0.672. The first-order valence-corrected chi connectivity index (χ1v) is 16.7. The van der Waals surface area contributed by atoms with Crippen LogP contribution in [0.4, 0.5) is 17.1 Å². The zero-order valence-corrected chi connectivity index (χ0v) is 26.6. The van der Waals surface area contributed by atoms with Crippen molar-refractivity contribution in [3.63, 3.8) is 0 Å². The Morgan fingerprint density at radius 3 is 1.92 bits per heavy atom. The Bertz CT molecular complexity index is 2810. The summed E-state index contributed by atoms with van der Waals surface area (Å²) in [4.78, 5) is 2.38. The van der Waals surface area contributed by atoms with Gasteiger partial charge in [0.25, 0.3) is 0 Å². The van der Waals surface area contributed by atoms with Crippen molar-refractivity contribution in [2.24, 2.45) is 0 Å². The minimum Gasteiger partial charge on any atom is -0.455 e. The summed E-state index contributed by atoms with van der Waals surface area (Å²) < 4.78 is 9.04. The summed E-state index contributed by atoms with van der Waals surface area (Å²) >= 11 is 0. The number of para-hydroxylation sites is 2. The molecule has 0 saturated carbocycles. The van der Waals surface area contributed by atoms with Gasteiger partial charge in [-0.15, -0.1) is 0 Å². The molecule has 2 aromatic heterocycles. The van der Waals surface area contributed by atoms with E-state index in [4.69, 9.17) is 4.42 Å². The third-order valence-electron chi connectivity index (χ3n) is 9.77. The second kappa shape index (κ2) is 11.0. The maximum Gasteiger partial charge on any atom is 0.143 e. The summed E-state index contributed by atoms with van der Waals surface area (Å²) in [5, 5.41) is 6.95. The number of hydrogen-bond acceptors (Lipinski definition) is 2. The van der Waals surface area contributed by atoms with Crippen molar-refractivity contribution in [3.8, 4) is 16.8 Å². The largest absolute Gasteiger partial charge is 0.455 e. The van der Waals surface area contributed by atoms with Gasteiger partial charge in [-0.25, -0.2) is 0 Å². The number of aromatic nitrogens is 1. The average molecular weight is 627 g/mol. The molecule has 0 fully saturated rings. The van der Waals surface area contributed by atoms with Crippen LogP contribution in [0.5, 0.6) is 0 Å². The summed E-state index contributed by atoms with van der Waals surface area (Å²) in [5.41, 5.74) is 10.9. The van der Waals surface area contributed by atoms with Crippen molar-refractivity contribution in [1.29, 1.82) is 0 Å². The number of nitrogens with zero attached hydrogens (tertiary/aromatic N) is 2. The zero-order valence-electron chi connectivity index (χ0n) is 26.6. The van der Waals surface area contributed by atoms with E-state index in [0.717, 1.165) is 55.6 Å². The SMILES string of the molecule is c1ccc(-c2ccc(N(c3ccc4c5ccccc5n(-c5ccccc5)c4c3)c3cccc4oc5c6ccccc6ccc5c34)cc2)cc1. The first-order valence-electron chi connectivity index (χ1n) is 16.7. The first kappa shape index (κ1) is 27.5. The van der Waals surface area contributed by atoms with Gasteiger partial charge in [0.2, 0.25) is 0 Å². The Morgan fingerprint density at radius 2 is 1.08 bits per heavy atom. The predicted octanol–water partition coefficient (Wildman–Crippen LogP) is 13.0. The molecule has 3 heteroatoms. The molecule has 0 bridgehead atoms. The van der Waals surface area contributed by atoms with E-state index in [1.165, 1.54) is 32.8 Å². The van der Waals surface area contributed by atoms with Gasteiger partial charge >= 0.3 is 0 Å². The Labute approximate surface area is 283 Å². The monoisotopic (exact) mass is 626 g/mol. The minimum atomic E-state index is 0.870. The molecule has 0 amide bonds. The fourth-order valence-corrected chi connectivity index (χ4v) is 7.54. The lowest BCUT2D eigenvalue weighted by Gasteiger charge is -2.27. The fraction of sp³-hybridized carbons (Fsp3) is 0. The fourth-order valence-electron chi connectivity index (χ4n) is 7.54. The van der Waals surface area contributed by atoms with Crippen molar-refractivity contribution in [1.82, 2.24) is 4.57 Å². The lowest BCUT2D eigenvalue weighted by atomic mass is 10.0. The Hall–Kier alpha value is -6.58. The van der Waals surface area contributed by atoms with Gasteiger partial charge in [-0.05, 0) is 77.2 Å². The molecule has 0 aliphatic heterocycles. The summed E-state index contributed by atoms with van der Waals surface area (Å²) in [5.74, 6) is 0. The standard InChI is InChI=1S/C46H30N2O/c1-3-12-31(13-4-1)32-22-25-35(26-23-32)47(42-20-11-21-44-45(42)40-28-24-33-14-7-8-17-37(33)46(40)49-44)36-27-29-39-38-18-9-10-19-41(38)48(43(39)30-36)34-15-5-2-6-16-34/h1-30H. The van der Waals surface area contributed by atoms with Crippen LogP contribution >= 0.6 is 0 Å². The van der Waals surface area contributed by atoms with Gasteiger partial charge in [0.05, 0.1) is 22.1 Å². The van der Waals surface area contributed by atoms with E-state index in [0.29, 0.717) is 0 Å². The molecule has 49 heavy (non-hydrogen) atoms. The Morgan fingerprint density at radius 1 is 0.429 bits per heavy atom. The molecule has 10 rings (SSSR count). The average Bonchev–Trinajstić information content (AvgIpc) is 3.72. The van der Waals surface area contributed by atoms with Crippen LogP contribution in [0, 0.1) is 0 Å². The summed E-state index contributed by atoms with van der Waals surface area (Å²) in [6.45, 7) is 0. The second-order valence-electron chi connectivity index (χ2n) is 12.6. The highest BCUT2D eigenvalue weighted by molar-refractivity contribution is 6.20. The highest BCUT2D eigenvalue weighted by Gasteiger charge is 2.22. The van der Waals surface area contributed by atoms with Gasteiger partial charge in [-0.3, -0.25) is 0 Å². The van der Waals surface area contributed by atoms with Gasteiger partial charge in [0.15, 0.2) is 0 Å². The smallest absolute Gasteiger partial charge is 0.143 e. The maximum absolute atomic E-state index is 6.66. The van der Waals surface area contributed by atoms with Crippen LogP contribution in [0.15, 0.2) is 186 Å². The van der Waals surface area contributed by atoms with Gasteiger partial charge in [-0.2, -0.15) is 0 Å². The molecule has 0 unspecified atom stereocenters. The highest BCUT2D eigenvalue weighted by Crippen LogP contribution is 2.45. The molecule has 0 N–H and O–H groups in total. The Kier molecular flexibility index (Phi) is 6.18. The van der Waals surface area contributed by atoms with E-state index in [2.05, 4.69) is 191 Å². The topological polar surface area (TPSA) is 21.3 Å². The van der Waals surface area contributed by atoms with Crippen molar-refractivity contribution in [2.45, 2.75) is 0 Å². The molecule has 10 aromatic rings. The number of furan rings is 1. The minimum absolute atomic E-state index is 0.870. The molecule has 0 aliphatic carbocycles. The molecule has 230 valence electrons. The molecular formula is C46H30N2O. The third-order valence-corrected chi connectivity index (χ3v) is 9.77. The van der Waals surface area contributed by atoms with Crippen LogP contribution < -0.4 is 4.90 Å². The molecular weight excluding hydrogens is 597 g/mol. The van der Waals surface area contributed by atoms with Crippen molar-refractivity contribution in [2.75, 3.05) is 4.90 Å². The third kappa shape index (κ3) is 4.37. The first-order chi connectivity index (χ1) is 24.3. The molecule has 0 atom stereocenters. The van der Waals surface area contributed by atoms with E-state index in [1.54, 1.807) is 0 Å². The van der Waals surface area contributed by atoms with Crippen LogP contribution in [0.2, 0.25) is 0 Å². The van der Waals surface area contributed by atoms with E-state index < -0.39 is 0 Å². The van der Waals surface area contributed by atoms with E-state index >= 15 is 0 Å². The van der Waals surface area contributed by atoms with Crippen LogP contribution in [0.1, 0.15) is 0 Å². The van der Waals surface area contributed by atoms with Gasteiger partial charge in [-0.1, -0.05) is 121 Å². The van der Waals surface area contributed by atoms with Gasteiger partial charge < -0.3 is 13.9 Å². The van der Waals surface area contributed by atoms with Crippen LogP contribution in [-0.2, 0) is 0 Å². The van der Waals surface area contributed by atoms with Gasteiger partial charge in [0.1, 0.15) is 11.2 Å². The molecule has 3 nitrogen and oxygen atoms in total. The number of anilines is 3. The number of fused-ring (bicyclic) bond motifs is 8. The summed E-state index contributed by atoms with van der Waals surface area (Å²) in [6.07, 6.45) is 0. The van der Waals surface area contributed by atoms with E-state index in [9.17, 15) is 0 Å². The molecule has 0 radical (unpaired) electrons. The Balaban J connectivity index is 1.25. The summed E-state index contributed by atoms with van der Waals surface area (Å²) in [7, 11) is 0. The van der Waals surface area contributed by atoms with Crippen LogP contribution in [0.3, 0.4) is 0 Å². The molecule has 8 aromatic carbocycles. The number of rotatable bonds is 5. The second-order valence-corrected chi connectivity index (χ2v) is 12.6. The zero-order chi connectivity index (χ0) is 32.3. The van der Waals surface area contributed by atoms with Crippen molar-refractivity contribution in [3.05, 3.63) is 182 Å². The normalized spacial score (nSPS) is 11.7. The molecule has 0 aliphatic rings. The summed E-state index contributed by atoms with van der Waals surface area (Å²) in [6, 6.07) is 64.9. The molecule has 0 spiro atoms. The van der Waals surface area contributed by atoms with Gasteiger partial charge in [0, 0.05) is 38.6 Å². The van der Waals surface area contributed by atoms with Crippen molar-refractivity contribution < 1.29 is 4.42 Å². The van der Waals surface area contributed by atoms with Crippen LogP contribution in [-0.4, -0.2) is 4.57 Å². The van der Waals surface area contributed by atoms with Crippen LogP contribution in [0.25, 0.3) is 71.3 Å². The molecule has 0 saturated heterocycles. The lowest BCUT2D eigenvalue weighted by Crippen LogP contribution is -2.10. The number of hydrogen-bond donors (Lipinski definition) is 0. The maximum atomic E-state index is 6.66. The molecule has 2 heterocycles. The predicted molar refractivity (Wildman–Crippen MR) is 206 cm³/mol. The van der Waals surface area contributed by atoms with E-state index in [-0.39, 0.29) is 0 Å². The van der Waals surface area contributed by atoms with Crippen molar-refractivity contribution >= 4 is 71.6 Å². The quantitative estimate of drug-likeness (QED) is 0.190. The number of benzene rings is 8. The highest BCUT2D eigenvalue weighted by atomic mass is 16.3. The van der Waals surface area contributed by atoms with E-state index in [1.807, 2.05) is 0 Å².